The molecule has 0 spiro atoms. The van der Waals surface area contributed by atoms with E-state index < -0.39 is 33.9 Å². The zero-order valence-electron chi connectivity index (χ0n) is 7.96. The van der Waals surface area contributed by atoms with Crippen molar-refractivity contribution in [2.24, 2.45) is 0 Å². The minimum Gasteiger partial charge on any atom is -0.871 e. The Morgan fingerprint density at radius 3 is 2.38 bits per heavy atom. The van der Waals surface area contributed by atoms with Crippen LogP contribution < -0.4 is 5.11 Å². The van der Waals surface area contributed by atoms with E-state index in [4.69, 9.17) is 5.11 Å². The standard InChI is InChI=1S/C9H7F3O3S/c1-16-7-5(9(10,11)12)3-2-4(6(7)13)8(14)15/h2-3,13H,1H3,(H,14,15)/p-1. The van der Waals surface area contributed by atoms with E-state index in [1.165, 1.54) is 6.26 Å². The molecular formula is C9H6F3O3S-. The van der Waals surface area contributed by atoms with E-state index in [2.05, 4.69) is 0 Å². The molecule has 16 heavy (non-hydrogen) atoms. The van der Waals surface area contributed by atoms with Crippen LogP contribution in [0.3, 0.4) is 0 Å². The van der Waals surface area contributed by atoms with Crippen LogP contribution in [0.1, 0.15) is 15.9 Å². The summed E-state index contributed by atoms with van der Waals surface area (Å²) in [5, 5.41) is 20.0. The highest BCUT2D eigenvalue weighted by Gasteiger charge is 2.34. The monoisotopic (exact) mass is 251 g/mol. The number of hydrogen-bond acceptors (Lipinski definition) is 3. The van der Waals surface area contributed by atoms with Gasteiger partial charge >= 0.3 is 12.1 Å². The highest BCUT2D eigenvalue weighted by molar-refractivity contribution is 7.98. The van der Waals surface area contributed by atoms with Gasteiger partial charge in [0.2, 0.25) is 0 Å². The van der Waals surface area contributed by atoms with E-state index in [9.17, 15) is 23.1 Å². The van der Waals surface area contributed by atoms with E-state index in [0.717, 1.165) is 0 Å². The first-order valence-electron chi connectivity index (χ1n) is 3.97. The first-order chi connectivity index (χ1) is 7.29. The van der Waals surface area contributed by atoms with Crippen molar-refractivity contribution in [1.82, 2.24) is 0 Å². The molecule has 0 bridgehead atoms. The van der Waals surface area contributed by atoms with Gasteiger partial charge in [0.1, 0.15) is 0 Å². The van der Waals surface area contributed by atoms with Gasteiger partial charge in [0.05, 0.1) is 11.1 Å². The Balaban J connectivity index is 3.47. The molecule has 0 radical (unpaired) electrons. The van der Waals surface area contributed by atoms with Crippen LogP contribution in [-0.2, 0) is 6.18 Å². The lowest BCUT2D eigenvalue weighted by atomic mass is 10.1. The quantitative estimate of drug-likeness (QED) is 0.818. The molecule has 88 valence electrons. The highest BCUT2D eigenvalue weighted by Crippen LogP contribution is 2.40. The molecule has 0 heterocycles. The Labute approximate surface area is 92.9 Å². The molecule has 0 aromatic heterocycles. The summed E-state index contributed by atoms with van der Waals surface area (Å²) >= 11 is 0.585. The first-order valence-corrected chi connectivity index (χ1v) is 5.20. The molecule has 7 heteroatoms. The van der Waals surface area contributed by atoms with Crippen molar-refractivity contribution in [2.45, 2.75) is 11.1 Å². The Morgan fingerprint density at radius 1 is 1.44 bits per heavy atom. The van der Waals surface area contributed by atoms with Crippen molar-refractivity contribution in [3.05, 3.63) is 23.3 Å². The summed E-state index contributed by atoms with van der Waals surface area (Å²) in [5.74, 6) is -2.64. The molecule has 1 aromatic rings. The Kier molecular flexibility index (Phi) is 3.37. The first kappa shape index (κ1) is 12.7. The molecule has 1 N–H and O–H groups in total. The molecule has 0 atom stereocenters. The number of halogens is 3. The van der Waals surface area contributed by atoms with E-state index in [-0.39, 0.29) is 0 Å². The Hall–Kier alpha value is -1.37. The van der Waals surface area contributed by atoms with E-state index in [0.29, 0.717) is 23.9 Å². The minimum atomic E-state index is -4.66. The van der Waals surface area contributed by atoms with Crippen molar-refractivity contribution >= 4 is 17.7 Å². The minimum absolute atomic E-state index is 0.585. The summed E-state index contributed by atoms with van der Waals surface area (Å²) in [6.07, 6.45) is -3.37. The SMILES string of the molecule is CSc1c(C(F)(F)F)ccc(C(=O)O)c1[O-]. The van der Waals surface area contributed by atoms with Gasteiger partial charge in [-0.15, -0.1) is 11.8 Å². The molecule has 1 rings (SSSR count). The molecule has 0 aliphatic carbocycles. The van der Waals surface area contributed by atoms with Gasteiger partial charge in [-0.1, -0.05) is 5.75 Å². The smallest absolute Gasteiger partial charge is 0.417 e. The summed E-state index contributed by atoms with van der Waals surface area (Å²) in [6.45, 7) is 0. The fourth-order valence-corrected chi connectivity index (χ4v) is 1.86. The summed E-state index contributed by atoms with van der Waals surface area (Å²) in [5.41, 5.74) is -1.76. The zero-order chi connectivity index (χ0) is 12.5. The average molecular weight is 251 g/mol. The maximum atomic E-state index is 12.4. The van der Waals surface area contributed by atoms with Crippen LogP contribution in [0, 0.1) is 0 Å². The van der Waals surface area contributed by atoms with Crippen molar-refractivity contribution in [2.75, 3.05) is 6.26 Å². The molecule has 0 unspecified atom stereocenters. The number of carbonyl (C=O) groups is 1. The number of thioether (sulfide) groups is 1. The van der Waals surface area contributed by atoms with Crippen LogP contribution in [0.5, 0.6) is 5.75 Å². The lowest BCUT2D eigenvalue weighted by molar-refractivity contribution is -0.273. The van der Waals surface area contributed by atoms with Gasteiger partial charge in [-0.3, -0.25) is 0 Å². The summed E-state index contributed by atoms with van der Waals surface area (Å²) in [4.78, 5) is 9.97. The van der Waals surface area contributed by atoms with Gasteiger partial charge in [0.25, 0.3) is 0 Å². The van der Waals surface area contributed by atoms with Crippen molar-refractivity contribution in [3.63, 3.8) is 0 Å². The Morgan fingerprint density at radius 2 is 2.00 bits per heavy atom. The third-order valence-corrected chi connectivity index (χ3v) is 2.67. The van der Waals surface area contributed by atoms with Gasteiger partial charge in [-0.25, -0.2) is 4.79 Å². The fraction of sp³-hybridized carbons (Fsp3) is 0.222. The van der Waals surface area contributed by atoms with Crippen LogP contribution in [0.25, 0.3) is 0 Å². The molecule has 0 saturated carbocycles. The maximum Gasteiger partial charge on any atom is 0.417 e. The van der Waals surface area contributed by atoms with Crippen LogP contribution in [0.4, 0.5) is 13.2 Å². The van der Waals surface area contributed by atoms with Crippen molar-refractivity contribution in [1.29, 1.82) is 0 Å². The van der Waals surface area contributed by atoms with Gasteiger partial charge in [-0.05, 0) is 18.4 Å². The van der Waals surface area contributed by atoms with Crippen LogP contribution in [-0.4, -0.2) is 17.3 Å². The number of carboxylic acid groups (broad SMARTS) is 1. The molecule has 0 aliphatic heterocycles. The third-order valence-electron chi connectivity index (χ3n) is 1.85. The summed E-state index contributed by atoms with van der Waals surface area (Å²) in [6, 6.07) is 1.28. The molecule has 0 fully saturated rings. The third kappa shape index (κ3) is 2.24. The lowest BCUT2D eigenvalue weighted by Gasteiger charge is -2.20. The maximum absolute atomic E-state index is 12.4. The Bertz CT molecular complexity index is 429. The van der Waals surface area contributed by atoms with Crippen LogP contribution in [0.2, 0.25) is 0 Å². The highest BCUT2D eigenvalue weighted by atomic mass is 32.2. The number of carboxylic acids is 1. The fourth-order valence-electron chi connectivity index (χ4n) is 1.16. The van der Waals surface area contributed by atoms with Crippen LogP contribution >= 0.6 is 11.8 Å². The second kappa shape index (κ2) is 4.25. The van der Waals surface area contributed by atoms with E-state index in [1.807, 2.05) is 0 Å². The number of alkyl halides is 3. The van der Waals surface area contributed by atoms with Gasteiger partial charge in [0, 0.05) is 4.90 Å². The number of aromatic carboxylic acids is 1. The number of rotatable bonds is 2. The number of hydrogen-bond donors (Lipinski definition) is 1. The second-order valence-electron chi connectivity index (χ2n) is 2.83. The van der Waals surface area contributed by atoms with Gasteiger partial charge < -0.3 is 10.2 Å². The topological polar surface area (TPSA) is 60.4 Å². The predicted octanol–water partition coefficient (Wildman–Crippen LogP) is 2.20. The van der Waals surface area contributed by atoms with Gasteiger partial charge in [0.15, 0.2) is 0 Å². The normalized spacial score (nSPS) is 11.5. The largest absolute Gasteiger partial charge is 0.871 e. The summed E-state index contributed by atoms with van der Waals surface area (Å²) < 4.78 is 37.3. The second-order valence-corrected chi connectivity index (χ2v) is 3.64. The lowest BCUT2D eigenvalue weighted by Crippen LogP contribution is -2.12. The van der Waals surface area contributed by atoms with Gasteiger partial charge in [-0.2, -0.15) is 13.2 Å². The molecule has 3 nitrogen and oxygen atoms in total. The summed E-state index contributed by atoms with van der Waals surface area (Å²) in [7, 11) is 0. The van der Waals surface area contributed by atoms with Crippen molar-refractivity contribution < 1.29 is 28.2 Å². The van der Waals surface area contributed by atoms with Crippen LogP contribution in [0.15, 0.2) is 17.0 Å². The predicted molar refractivity (Wildman–Crippen MR) is 49.6 cm³/mol. The molecule has 0 aliphatic rings. The van der Waals surface area contributed by atoms with E-state index in [1.54, 1.807) is 0 Å². The molecule has 1 aromatic carbocycles. The van der Waals surface area contributed by atoms with Crippen molar-refractivity contribution in [3.8, 4) is 5.75 Å². The zero-order valence-corrected chi connectivity index (χ0v) is 8.78. The molecule has 0 saturated heterocycles. The van der Waals surface area contributed by atoms with E-state index >= 15 is 0 Å². The molecule has 0 amide bonds. The number of benzene rings is 1. The average Bonchev–Trinajstić information content (AvgIpc) is 2.15. The molecular weight excluding hydrogens is 245 g/mol.